The number of rotatable bonds is 1. The van der Waals surface area contributed by atoms with Crippen LogP contribution < -0.4 is 5.73 Å². The third kappa shape index (κ3) is 1.80. The number of esters is 1. The maximum absolute atomic E-state index is 13.0. The largest absolute Gasteiger partial charge is 0.468 e. The summed E-state index contributed by atoms with van der Waals surface area (Å²) in [7, 11) is 1.33. The highest BCUT2D eigenvalue weighted by atomic mass is 19.1. The highest BCUT2D eigenvalue weighted by Gasteiger charge is 2.38. The summed E-state index contributed by atoms with van der Waals surface area (Å²) in [4.78, 5) is 11.5. The number of carbonyl (C=O) groups is 1. The van der Waals surface area contributed by atoms with Crippen molar-refractivity contribution < 1.29 is 13.9 Å². The van der Waals surface area contributed by atoms with Crippen molar-refractivity contribution in [3.05, 3.63) is 35.1 Å². The van der Waals surface area contributed by atoms with Crippen molar-refractivity contribution in [2.45, 2.75) is 24.8 Å². The number of carbonyl (C=O) groups excluding carboxylic acids is 1. The number of hydrogen-bond donors (Lipinski definition) is 1. The fraction of sp³-hybridized carbons (Fsp3) is 0.417. The maximum Gasteiger partial charge on any atom is 0.326 e. The Hall–Kier alpha value is -1.42. The van der Waals surface area contributed by atoms with Crippen LogP contribution in [0.25, 0.3) is 0 Å². The average molecular weight is 223 g/mol. The van der Waals surface area contributed by atoms with Crippen molar-refractivity contribution >= 4 is 5.97 Å². The molecule has 0 aromatic heterocycles. The average Bonchev–Trinajstić information content (AvgIpc) is 2.28. The lowest BCUT2D eigenvalue weighted by Gasteiger charge is -2.31. The maximum atomic E-state index is 13.0. The molecular formula is C12H14FNO2. The fourth-order valence-corrected chi connectivity index (χ4v) is 2.16. The number of fused-ring (bicyclic) bond motifs is 1. The highest BCUT2D eigenvalue weighted by Crippen LogP contribution is 2.28. The lowest BCUT2D eigenvalue weighted by Crippen LogP contribution is -2.52. The Kier molecular flexibility index (Phi) is 2.68. The van der Waals surface area contributed by atoms with Gasteiger partial charge in [-0.2, -0.15) is 0 Å². The summed E-state index contributed by atoms with van der Waals surface area (Å²) in [6, 6.07) is 4.59. The first-order valence-electron chi connectivity index (χ1n) is 5.20. The molecule has 86 valence electrons. The van der Waals surface area contributed by atoms with E-state index < -0.39 is 11.5 Å². The predicted octanol–water partition coefficient (Wildman–Crippen LogP) is 1.18. The van der Waals surface area contributed by atoms with Gasteiger partial charge in [-0.15, -0.1) is 0 Å². The van der Waals surface area contributed by atoms with Crippen LogP contribution in [0.3, 0.4) is 0 Å². The second kappa shape index (κ2) is 3.87. The summed E-state index contributed by atoms with van der Waals surface area (Å²) >= 11 is 0. The van der Waals surface area contributed by atoms with Gasteiger partial charge in [0, 0.05) is 6.42 Å². The van der Waals surface area contributed by atoms with Gasteiger partial charge in [0.25, 0.3) is 0 Å². The smallest absolute Gasteiger partial charge is 0.326 e. The summed E-state index contributed by atoms with van der Waals surface area (Å²) < 4.78 is 17.7. The summed E-state index contributed by atoms with van der Waals surface area (Å²) in [5.41, 5.74) is 6.91. The van der Waals surface area contributed by atoms with Crippen LogP contribution >= 0.6 is 0 Å². The molecule has 0 unspecified atom stereocenters. The van der Waals surface area contributed by atoms with Gasteiger partial charge in [-0.3, -0.25) is 4.79 Å². The third-order valence-electron chi connectivity index (χ3n) is 3.11. The highest BCUT2D eigenvalue weighted by molar-refractivity contribution is 5.81. The molecule has 1 aliphatic rings. The van der Waals surface area contributed by atoms with E-state index >= 15 is 0 Å². The Balaban J connectivity index is 2.30. The first-order valence-corrected chi connectivity index (χ1v) is 5.20. The van der Waals surface area contributed by atoms with Crippen LogP contribution in [0, 0.1) is 5.82 Å². The van der Waals surface area contributed by atoms with Crippen molar-refractivity contribution in [3.63, 3.8) is 0 Å². The molecule has 0 bridgehead atoms. The number of benzene rings is 1. The molecule has 1 atom stereocenters. The lowest BCUT2D eigenvalue weighted by molar-refractivity contribution is -0.147. The third-order valence-corrected chi connectivity index (χ3v) is 3.11. The number of halogens is 1. The molecule has 0 aliphatic heterocycles. The zero-order valence-corrected chi connectivity index (χ0v) is 9.13. The predicted molar refractivity (Wildman–Crippen MR) is 57.4 cm³/mol. The minimum absolute atomic E-state index is 0.249. The summed E-state index contributed by atoms with van der Waals surface area (Å²) in [6.07, 6.45) is 1.52. The van der Waals surface area contributed by atoms with E-state index in [0.717, 1.165) is 11.1 Å². The van der Waals surface area contributed by atoms with Crippen molar-refractivity contribution in [2.75, 3.05) is 7.11 Å². The quantitative estimate of drug-likeness (QED) is 0.727. The Morgan fingerprint density at radius 3 is 2.94 bits per heavy atom. The van der Waals surface area contributed by atoms with Crippen LogP contribution in [0.5, 0.6) is 0 Å². The Bertz CT molecular complexity index is 433. The standard InChI is InChI=1S/C12H14FNO2/c1-16-11(15)12(14)5-4-8-6-10(13)3-2-9(8)7-12/h2-3,6H,4-5,7,14H2,1H3/t12-/m0/s1. The van der Waals surface area contributed by atoms with E-state index in [1.54, 1.807) is 6.07 Å². The van der Waals surface area contributed by atoms with E-state index in [2.05, 4.69) is 0 Å². The molecule has 0 amide bonds. The van der Waals surface area contributed by atoms with Gasteiger partial charge in [-0.05, 0) is 36.1 Å². The van der Waals surface area contributed by atoms with E-state index in [-0.39, 0.29) is 5.82 Å². The lowest BCUT2D eigenvalue weighted by atomic mass is 9.78. The molecule has 0 spiro atoms. The Morgan fingerprint density at radius 1 is 1.50 bits per heavy atom. The molecular weight excluding hydrogens is 209 g/mol. The minimum Gasteiger partial charge on any atom is -0.468 e. The van der Waals surface area contributed by atoms with Crippen LogP contribution in [-0.4, -0.2) is 18.6 Å². The summed E-state index contributed by atoms with van der Waals surface area (Å²) in [5, 5.41) is 0. The van der Waals surface area contributed by atoms with E-state index in [9.17, 15) is 9.18 Å². The van der Waals surface area contributed by atoms with Crippen molar-refractivity contribution in [1.29, 1.82) is 0 Å². The van der Waals surface area contributed by atoms with Gasteiger partial charge in [0.2, 0.25) is 0 Å². The molecule has 0 saturated carbocycles. The molecule has 1 aliphatic carbocycles. The minimum atomic E-state index is -0.959. The van der Waals surface area contributed by atoms with Crippen LogP contribution in [0.2, 0.25) is 0 Å². The van der Waals surface area contributed by atoms with Gasteiger partial charge in [0.05, 0.1) is 7.11 Å². The second-order valence-corrected chi connectivity index (χ2v) is 4.24. The van der Waals surface area contributed by atoms with Gasteiger partial charge < -0.3 is 10.5 Å². The van der Waals surface area contributed by atoms with Crippen LogP contribution in [0.15, 0.2) is 18.2 Å². The normalized spacial score (nSPS) is 23.7. The monoisotopic (exact) mass is 223 g/mol. The van der Waals surface area contributed by atoms with E-state index in [1.165, 1.54) is 19.2 Å². The fourth-order valence-electron chi connectivity index (χ4n) is 2.16. The number of hydrogen-bond acceptors (Lipinski definition) is 3. The van der Waals surface area contributed by atoms with Crippen molar-refractivity contribution in [3.8, 4) is 0 Å². The van der Waals surface area contributed by atoms with Gasteiger partial charge in [-0.25, -0.2) is 4.39 Å². The summed E-state index contributed by atoms with van der Waals surface area (Å²) in [5.74, 6) is -0.649. The molecule has 0 saturated heterocycles. The van der Waals surface area contributed by atoms with Crippen molar-refractivity contribution in [1.82, 2.24) is 0 Å². The van der Waals surface area contributed by atoms with E-state index in [0.29, 0.717) is 19.3 Å². The topological polar surface area (TPSA) is 52.3 Å². The Labute approximate surface area is 93.4 Å². The first-order chi connectivity index (χ1) is 7.55. The van der Waals surface area contributed by atoms with E-state index in [4.69, 9.17) is 10.5 Å². The molecule has 0 heterocycles. The zero-order valence-electron chi connectivity index (χ0n) is 9.13. The molecule has 0 radical (unpaired) electrons. The molecule has 0 fully saturated rings. The van der Waals surface area contributed by atoms with Crippen LogP contribution in [0.1, 0.15) is 17.5 Å². The van der Waals surface area contributed by atoms with Gasteiger partial charge in [-0.1, -0.05) is 6.07 Å². The SMILES string of the molecule is COC(=O)[C@]1(N)CCc2cc(F)ccc2C1. The first kappa shape index (κ1) is 11.1. The molecule has 16 heavy (non-hydrogen) atoms. The molecule has 2 rings (SSSR count). The Morgan fingerprint density at radius 2 is 2.25 bits per heavy atom. The number of methoxy groups -OCH3 is 1. The molecule has 3 nitrogen and oxygen atoms in total. The molecule has 1 aromatic rings. The number of nitrogens with two attached hydrogens (primary N) is 1. The molecule has 2 N–H and O–H groups in total. The van der Waals surface area contributed by atoms with Crippen LogP contribution in [0.4, 0.5) is 4.39 Å². The second-order valence-electron chi connectivity index (χ2n) is 4.24. The van der Waals surface area contributed by atoms with Crippen molar-refractivity contribution in [2.24, 2.45) is 5.73 Å². The van der Waals surface area contributed by atoms with Gasteiger partial charge in [0.1, 0.15) is 11.4 Å². The zero-order chi connectivity index (χ0) is 11.8. The molecule has 1 aromatic carbocycles. The van der Waals surface area contributed by atoms with E-state index in [1.807, 2.05) is 0 Å². The van der Waals surface area contributed by atoms with Gasteiger partial charge in [0.15, 0.2) is 0 Å². The number of ether oxygens (including phenoxy) is 1. The van der Waals surface area contributed by atoms with Crippen LogP contribution in [-0.2, 0) is 22.4 Å². The van der Waals surface area contributed by atoms with Gasteiger partial charge >= 0.3 is 5.97 Å². The summed E-state index contributed by atoms with van der Waals surface area (Å²) in [6.45, 7) is 0. The number of aryl methyl sites for hydroxylation is 1. The molecule has 4 heteroatoms.